The summed E-state index contributed by atoms with van der Waals surface area (Å²) in [6.07, 6.45) is 2.38. The van der Waals surface area contributed by atoms with Crippen molar-refractivity contribution in [3.8, 4) is 0 Å². The van der Waals surface area contributed by atoms with E-state index in [9.17, 15) is 0 Å². The van der Waals surface area contributed by atoms with Crippen molar-refractivity contribution in [2.75, 3.05) is 14.1 Å². The summed E-state index contributed by atoms with van der Waals surface area (Å²) in [6, 6.07) is 0.617. The van der Waals surface area contributed by atoms with E-state index in [1.807, 2.05) is 7.05 Å². The third-order valence-corrected chi connectivity index (χ3v) is 3.07. The number of hydrogen-bond acceptors (Lipinski definition) is 3. The first-order valence-electron chi connectivity index (χ1n) is 5.45. The molecular weight excluding hydrogens is 174 g/mol. The molecule has 1 heterocycles. The van der Waals surface area contributed by atoms with Gasteiger partial charge in [-0.25, -0.2) is 5.01 Å². The van der Waals surface area contributed by atoms with Gasteiger partial charge < -0.3 is 5.32 Å². The zero-order valence-electron chi connectivity index (χ0n) is 10.4. The van der Waals surface area contributed by atoms with Crippen molar-refractivity contribution >= 4 is 0 Å². The van der Waals surface area contributed by atoms with Crippen LogP contribution in [0.3, 0.4) is 0 Å². The van der Waals surface area contributed by atoms with Crippen molar-refractivity contribution in [3.05, 3.63) is 0 Å². The van der Waals surface area contributed by atoms with Crippen molar-refractivity contribution in [1.82, 2.24) is 15.8 Å². The van der Waals surface area contributed by atoms with Gasteiger partial charge in [-0.1, -0.05) is 0 Å². The largest absolute Gasteiger partial charge is 0.307 e. The first kappa shape index (κ1) is 12.0. The molecule has 0 aromatic carbocycles. The number of piperidine rings is 1. The number of nitrogens with one attached hydrogen (secondary N) is 2. The highest BCUT2D eigenvalue weighted by atomic mass is 15.5. The summed E-state index contributed by atoms with van der Waals surface area (Å²) in [6.45, 7) is 9.13. The number of hydrazine groups is 1. The van der Waals surface area contributed by atoms with Crippen LogP contribution in [0.25, 0.3) is 0 Å². The topological polar surface area (TPSA) is 27.3 Å². The van der Waals surface area contributed by atoms with Crippen molar-refractivity contribution in [2.45, 2.75) is 57.7 Å². The number of nitrogens with zero attached hydrogens (tertiary/aromatic N) is 1. The first-order chi connectivity index (χ1) is 6.26. The van der Waals surface area contributed by atoms with Gasteiger partial charge in [0, 0.05) is 24.2 Å². The Hall–Kier alpha value is -0.120. The minimum atomic E-state index is 0.234. The molecule has 0 spiro atoms. The number of hydrogen-bond donors (Lipinski definition) is 2. The summed E-state index contributed by atoms with van der Waals surface area (Å²) in [5.41, 5.74) is 3.68. The Labute approximate surface area is 88.2 Å². The van der Waals surface area contributed by atoms with E-state index in [0.717, 1.165) is 0 Å². The minimum Gasteiger partial charge on any atom is -0.307 e. The predicted molar refractivity (Wildman–Crippen MR) is 61.1 cm³/mol. The van der Waals surface area contributed by atoms with Crippen LogP contribution in [0, 0.1) is 0 Å². The summed E-state index contributed by atoms with van der Waals surface area (Å²) in [5.74, 6) is 0. The van der Waals surface area contributed by atoms with Gasteiger partial charge in [0.1, 0.15) is 0 Å². The molecule has 0 radical (unpaired) electrons. The quantitative estimate of drug-likeness (QED) is 0.658. The van der Waals surface area contributed by atoms with Gasteiger partial charge in [-0.2, -0.15) is 0 Å². The average Bonchev–Trinajstić information content (AvgIpc) is 1.97. The van der Waals surface area contributed by atoms with Crippen LogP contribution in [-0.2, 0) is 0 Å². The van der Waals surface area contributed by atoms with Crippen molar-refractivity contribution in [2.24, 2.45) is 0 Å². The lowest BCUT2D eigenvalue weighted by Crippen LogP contribution is -2.62. The van der Waals surface area contributed by atoms with Crippen LogP contribution in [0.1, 0.15) is 40.5 Å². The molecule has 84 valence electrons. The van der Waals surface area contributed by atoms with Crippen LogP contribution in [0.4, 0.5) is 0 Å². The van der Waals surface area contributed by atoms with Gasteiger partial charge >= 0.3 is 0 Å². The van der Waals surface area contributed by atoms with Crippen molar-refractivity contribution in [3.63, 3.8) is 0 Å². The van der Waals surface area contributed by atoms with E-state index >= 15 is 0 Å². The Bertz CT molecular complexity index is 183. The molecule has 0 amide bonds. The molecule has 0 aromatic heterocycles. The maximum absolute atomic E-state index is 3.69. The van der Waals surface area contributed by atoms with Crippen molar-refractivity contribution in [1.29, 1.82) is 0 Å². The van der Waals surface area contributed by atoms with Crippen LogP contribution in [0.15, 0.2) is 0 Å². The molecular formula is C11H25N3. The monoisotopic (exact) mass is 199 g/mol. The van der Waals surface area contributed by atoms with E-state index in [-0.39, 0.29) is 11.1 Å². The molecule has 1 saturated heterocycles. The van der Waals surface area contributed by atoms with Crippen LogP contribution in [0.2, 0.25) is 0 Å². The lowest BCUT2D eigenvalue weighted by atomic mass is 9.79. The third kappa shape index (κ3) is 2.94. The zero-order valence-corrected chi connectivity index (χ0v) is 10.4. The summed E-state index contributed by atoms with van der Waals surface area (Å²) in [7, 11) is 4.12. The van der Waals surface area contributed by atoms with Gasteiger partial charge in [0.25, 0.3) is 0 Å². The molecule has 2 N–H and O–H groups in total. The predicted octanol–water partition coefficient (Wildman–Crippen LogP) is 1.36. The van der Waals surface area contributed by atoms with E-state index in [2.05, 4.69) is 50.5 Å². The highest BCUT2D eigenvalue weighted by Gasteiger charge is 2.38. The maximum Gasteiger partial charge on any atom is 0.0274 e. The molecule has 3 heteroatoms. The molecule has 0 atom stereocenters. The zero-order chi connectivity index (χ0) is 11.0. The van der Waals surface area contributed by atoms with E-state index in [1.165, 1.54) is 12.8 Å². The Morgan fingerprint density at radius 2 is 1.57 bits per heavy atom. The van der Waals surface area contributed by atoms with Crippen LogP contribution >= 0.6 is 0 Å². The summed E-state index contributed by atoms with van der Waals surface area (Å²) >= 11 is 0. The minimum absolute atomic E-state index is 0.234. The van der Waals surface area contributed by atoms with Gasteiger partial charge in [-0.15, -0.1) is 0 Å². The third-order valence-electron chi connectivity index (χ3n) is 3.07. The Morgan fingerprint density at radius 3 is 1.93 bits per heavy atom. The fourth-order valence-corrected chi connectivity index (χ4v) is 2.72. The summed E-state index contributed by atoms with van der Waals surface area (Å²) in [4.78, 5) is 0. The Morgan fingerprint density at radius 1 is 1.14 bits per heavy atom. The second-order valence-corrected chi connectivity index (χ2v) is 5.79. The fourth-order valence-electron chi connectivity index (χ4n) is 2.72. The van der Waals surface area contributed by atoms with Crippen LogP contribution in [0.5, 0.6) is 0 Å². The highest BCUT2D eigenvalue weighted by Crippen LogP contribution is 2.30. The maximum atomic E-state index is 3.69. The molecule has 1 aliphatic heterocycles. The molecule has 0 unspecified atom stereocenters. The second-order valence-electron chi connectivity index (χ2n) is 5.79. The van der Waals surface area contributed by atoms with E-state index in [0.29, 0.717) is 6.04 Å². The normalized spacial score (nSPS) is 26.8. The van der Waals surface area contributed by atoms with E-state index in [4.69, 9.17) is 0 Å². The van der Waals surface area contributed by atoms with Crippen molar-refractivity contribution < 1.29 is 0 Å². The summed E-state index contributed by atoms with van der Waals surface area (Å²) < 4.78 is 0. The Balaban J connectivity index is 2.71. The molecule has 1 fully saturated rings. The van der Waals surface area contributed by atoms with Gasteiger partial charge in [-0.05, 0) is 47.6 Å². The average molecular weight is 199 g/mol. The molecule has 0 aromatic rings. The molecule has 3 nitrogen and oxygen atoms in total. The van der Waals surface area contributed by atoms with Gasteiger partial charge in [-0.3, -0.25) is 5.43 Å². The van der Waals surface area contributed by atoms with E-state index < -0.39 is 0 Å². The standard InChI is InChI=1S/C11H25N3/c1-10(2)7-9(14(6)12-5)8-11(3,4)13-10/h9,12-13H,7-8H2,1-6H3. The van der Waals surface area contributed by atoms with Gasteiger partial charge in [0.2, 0.25) is 0 Å². The Kier molecular flexibility index (Phi) is 3.24. The molecule has 0 aliphatic carbocycles. The SMILES string of the molecule is CNN(C)C1CC(C)(C)NC(C)(C)C1. The van der Waals surface area contributed by atoms with Crippen LogP contribution < -0.4 is 10.7 Å². The lowest BCUT2D eigenvalue weighted by molar-refractivity contribution is 0.0582. The summed E-state index contributed by atoms with van der Waals surface area (Å²) in [5, 5.41) is 5.91. The fraction of sp³-hybridized carbons (Fsp3) is 1.00. The molecule has 0 saturated carbocycles. The molecule has 1 aliphatic rings. The molecule has 1 rings (SSSR count). The smallest absolute Gasteiger partial charge is 0.0274 e. The van der Waals surface area contributed by atoms with Crippen LogP contribution in [-0.4, -0.2) is 36.2 Å². The highest BCUT2D eigenvalue weighted by molar-refractivity contribution is 4.99. The van der Waals surface area contributed by atoms with E-state index in [1.54, 1.807) is 0 Å². The molecule has 14 heavy (non-hydrogen) atoms. The van der Waals surface area contributed by atoms with Gasteiger partial charge in [0.15, 0.2) is 0 Å². The lowest BCUT2D eigenvalue weighted by Gasteiger charge is -2.48. The van der Waals surface area contributed by atoms with Gasteiger partial charge in [0.05, 0.1) is 0 Å². The first-order valence-corrected chi connectivity index (χ1v) is 5.45. The second kappa shape index (κ2) is 3.80. The number of rotatable bonds is 2. The molecule has 0 bridgehead atoms.